The van der Waals surface area contributed by atoms with Gasteiger partial charge in [-0.15, -0.1) is 0 Å². The van der Waals surface area contributed by atoms with Gasteiger partial charge in [-0.3, -0.25) is 0 Å². The average Bonchev–Trinajstić information content (AvgIpc) is 2.25. The number of nitrogens with one attached hydrogen (secondary N) is 1. The zero-order valence-electron chi connectivity index (χ0n) is 11.2. The smallest absolute Gasteiger partial charge is 0.0294 e. The molecule has 0 radical (unpaired) electrons. The molecule has 1 aromatic rings. The maximum absolute atomic E-state index is 3.62. The van der Waals surface area contributed by atoms with Gasteiger partial charge in [-0.1, -0.05) is 45.0 Å². The van der Waals surface area contributed by atoms with Gasteiger partial charge in [0, 0.05) is 6.04 Å². The molecule has 1 nitrogen and oxygen atoms in total. The highest BCUT2D eigenvalue weighted by Gasteiger charge is 2.11. The molecule has 0 fully saturated rings. The minimum Gasteiger partial charge on any atom is -0.310 e. The summed E-state index contributed by atoms with van der Waals surface area (Å²) in [5, 5.41) is 3.62. The summed E-state index contributed by atoms with van der Waals surface area (Å²) in [4.78, 5) is 0. The van der Waals surface area contributed by atoms with Crippen molar-refractivity contribution in [3.05, 3.63) is 35.4 Å². The summed E-state index contributed by atoms with van der Waals surface area (Å²) in [7, 11) is 0. The van der Waals surface area contributed by atoms with Crippen LogP contribution < -0.4 is 5.32 Å². The molecule has 2 unspecified atom stereocenters. The average molecular weight is 219 g/mol. The summed E-state index contributed by atoms with van der Waals surface area (Å²) in [5.74, 6) is 1.48. The number of hydrogen-bond acceptors (Lipinski definition) is 1. The molecule has 90 valence electrons. The van der Waals surface area contributed by atoms with Crippen molar-refractivity contribution in [2.45, 2.75) is 40.7 Å². The summed E-state index contributed by atoms with van der Waals surface area (Å²) < 4.78 is 0. The lowest BCUT2D eigenvalue weighted by molar-refractivity contribution is 0.375. The maximum Gasteiger partial charge on any atom is 0.0294 e. The first kappa shape index (κ1) is 13.2. The fourth-order valence-corrected chi connectivity index (χ4v) is 1.78. The molecule has 1 rings (SSSR count). The van der Waals surface area contributed by atoms with Gasteiger partial charge in [-0.05, 0) is 43.4 Å². The summed E-state index contributed by atoms with van der Waals surface area (Å²) in [5.41, 5.74) is 2.79. The number of rotatable bonds is 5. The second-order valence-electron chi connectivity index (χ2n) is 5.21. The van der Waals surface area contributed by atoms with Crippen LogP contribution in [-0.4, -0.2) is 6.54 Å². The SMILES string of the molecule is Cc1ccccc1C(C)NCC(C)C(C)C. The molecule has 1 aromatic carbocycles. The lowest BCUT2D eigenvalue weighted by Gasteiger charge is -2.21. The Morgan fingerprint density at radius 1 is 1.06 bits per heavy atom. The zero-order chi connectivity index (χ0) is 12.1. The van der Waals surface area contributed by atoms with Gasteiger partial charge in [0.2, 0.25) is 0 Å². The third-order valence-corrected chi connectivity index (χ3v) is 3.54. The van der Waals surface area contributed by atoms with E-state index in [1.807, 2.05) is 0 Å². The molecule has 16 heavy (non-hydrogen) atoms. The lowest BCUT2D eigenvalue weighted by atomic mass is 9.97. The van der Waals surface area contributed by atoms with Gasteiger partial charge in [0.15, 0.2) is 0 Å². The van der Waals surface area contributed by atoms with E-state index in [0.29, 0.717) is 6.04 Å². The van der Waals surface area contributed by atoms with Gasteiger partial charge in [0.25, 0.3) is 0 Å². The molecule has 0 saturated carbocycles. The zero-order valence-corrected chi connectivity index (χ0v) is 11.2. The predicted molar refractivity (Wildman–Crippen MR) is 71.6 cm³/mol. The third-order valence-electron chi connectivity index (χ3n) is 3.54. The standard InChI is InChI=1S/C15H25N/c1-11(2)13(4)10-16-14(5)15-9-7-6-8-12(15)3/h6-9,11,13-14,16H,10H2,1-5H3. The molecule has 0 aliphatic rings. The van der Waals surface area contributed by atoms with E-state index in [1.54, 1.807) is 0 Å². The molecule has 0 heterocycles. The molecule has 0 saturated heterocycles. The summed E-state index contributed by atoms with van der Waals surface area (Å²) in [6.45, 7) is 12.4. The minimum absolute atomic E-state index is 0.447. The Morgan fingerprint density at radius 3 is 2.25 bits per heavy atom. The second kappa shape index (κ2) is 6.05. The van der Waals surface area contributed by atoms with E-state index in [0.717, 1.165) is 18.4 Å². The van der Waals surface area contributed by atoms with E-state index >= 15 is 0 Å². The van der Waals surface area contributed by atoms with Crippen molar-refractivity contribution in [3.63, 3.8) is 0 Å². The fraction of sp³-hybridized carbons (Fsp3) is 0.600. The van der Waals surface area contributed by atoms with Gasteiger partial charge in [0.05, 0.1) is 0 Å². The van der Waals surface area contributed by atoms with Crippen molar-refractivity contribution < 1.29 is 0 Å². The van der Waals surface area contributed by atoms with E-state index in [1.165, 1.54) is 11.1 Å². The van der Waals surface area contributed by atoms with Gasteiger partial charge in [-0.25, -0.2) is 0 Å². The molecule has 0 spiro atoms. The highest BCUT2D eigenvalue weighted by Crippen LogP contribution is 2.17. The van der Waals surface area contributed by atoms with Crippen LogP contribution in [0.2, 0.25) is 0 Å². The van der Waals surface area contributed by atoms with Crippen molar-refractivity contribution >= 4 is 0 Å². The van der Waals surface area contributed by atoms with Crippen LogP contribution in [-0.2, 0) is 0 Å². The van der Waals surface area contributed by atoms with Crippen LogP contribution in [0.1, 0.15) is 44.9 Å². The van der Waals surface area contributed by atoms with E-state index in [2.05, 4.69) is 64.2 Å². The molecule has 0 aliphatic carbocycles. The van der Waals surface area contributed by atoms with Crippen LogP contribution in [0.15, 0.2) is 24.3 Å². The third kappa shape index (κ3) is 3.64. The maximum atomic E-state index is 3.62. The first-order valence-corrected chi connectivity index (χ1v) is 6.31. The van der Waals surface area contributed by atoms with E-state index in [-0.39, 0.29) is 0 Å². The molecular weight excluding hydrogens is 194 g/mol. The largest absolute Gasteiger partial charge is 0.310 e. The number of aryl methyl sites for hydroxylation is 1. The Balaban J connectivity index is 2.53. The van der Waals surface area contributed by atoms with E-state index < -0.39 is 0 Å². The highest BCUT2D eigenvalue weighted by atomic mass is 14.9. The summed E-state index contributed by atoms with van der Waals surface area (Å²) >= 11 is 0. The molecule has 2 atom stereocenters. The predicted octanol–water partition coefficient (Wildman–Crippen LogP) is 3.94. The number of hydrogen-bond donors (Lipinski definition) is 1. The topological polar surface area (TPSA) is 12.0 Å². The van der Waals surface area contributed by atoms with Crippen molar-refractivity contribution in [1.29, 1.82) is 0 Å². The molecule has 1 heteroatoms. The Kier molecular flexibility index (Phi) is 5.01. The van der Waals surface area contributed by atoms with Crippen molar-refractivity contribution in [2.24, 2.45) is 11.8 Å². The van der Waals surface area contributed by atoms with Crippen molar-refractivity contribution in [2.75, 3.05) is 6.54 Å². The van der Waals surface area contributed by atoms with Crippen LogP contribution in [0.3, 0.4) is 0 Å². The van der Waals surface area contributed by atoms with Gasteiger partial charge in [-0.2, -0.15) is 0 Å². The monoisotopic (exact) mass is 219 g/mol. The second-order valence-corrected chi connectivity index (χ2v) is 5.21. The Bertz CT molecular complexity index is 317. The normalized spacial score (nSPS) is 15.1. The van der Waals surface area contributed by atoms with E-state index in [4.69, 9.17) is 0 Å². The van der Waals surface area contributed by atoms with Crippen LogP contribution in [0.4, 0.5) is 0 Å². The van der Waals surface area contributed by atoms with Gasteiger partial charge >= 0.3 is 0 Å². The Morgan fingerprint density at radius 2 is 1.69 bits per heavy atom. The Hall–Kier alpha value is -0.820. The highest BCUT2D eigenvalue weighted by molar-refractivity contribution is 5.28. The van der Waals surface area contributed by atoms with Crippen LogP contribution >= 0.6 is 0 Å². The molecule has 0 bridgehead atoms. The summed E-state index contributed by atoms with van der Waals surface area (Å²) in [6, 6.07) is 9.06. The Labute approximate surface area is 100 Å². The first-order valence-electron chi connectivity index (χ1n) is 6.31. The van der Waals surface area contributed by atoms with Crippen LogP contribution in [0.25, 0.3) is 0 Å². The first-order chi connectivity index (χ1) is 7.52. The molecule has 0 aromatic heterocycles. The van der Waals surface area contributed by atoms with Gasteiger partial charge < -0.3 is 5.32 Å². The fourth-order valence-electron chi connectivity index (χ4n) is 1.78. The van der Waals surface area contributed by atoms with Gasteiger partial charge in [0.1, 0.15) is 0 Å². The van der Waals surface area contributed by atoms with E-state index in [9.17, 15) is 0 Å². The molecule has 0 aliphatic heterocycles. The summed E-state index contributed by atoms with van der Waals surface area (Å²) in [6.07, 6.45) is 0. The molecule has 1 N–H and O–H groups in total. The number of benzene rings is 1. The lowest BCUT2D eigenvalue weighted by Crippen LogP contribution is -2.27. The quantitative estimate of drug-likeness (QED) is 0.791. The molecule has 0 amide bonds. The minimum atomic E-state index is 0.447. The van der Waals surface area contributed by atoms with Crippen molar-refractivity contribution in [3.8, 4) is 0 Å². The van der Waals surface area contributed by atoms with Crippen LogP contribution in [0, 0.1) is 18.8 Å². The van der Waals surface area contributed by atoms with Crippen molar-refractivity contribution in [1.82, 2.24) is 5.32 Å². The molecular formula is C15H25N. The van der Waals surface area contributed by atoms with Crippen LogP contribution in [0.5, 0.6) is 0 Å².